The van der Waals surface area contributed by atoms with Gasteiger partial charge in [-0.1, -0.05) is 35.4 Å². The van der Waals surface area contributed by atoms with Crippen LogP contribution in [0.5, 0.6) is 5.75 Å². The molecule has 0 aromatic heterocycles. The average molecular weight is 422 g/mol. The van der Waals surface area contributed by atoms with E-state index in [4.69, 9.17) is 5.26 Å². The summed E-state index contributed by atoms with van der Waals surface area (Å²) in [4.78, 5) is -0.183. The van der Waals surface area contributed by atoms with Gasteiger partial charge in [-0.05, 0) is 36.1 Å². The zero-order valence-corrected chi connectivity index (χ0v) is 15.9. The van der Waals surface area contributed by atoms with Crippen molar-refractivity contribution in [2.75, 3.05) is 0 Å². The summed E-state index contributed by atoms with van der Waals surface area (Å²) in [5.74, 6) is -0.424. The quantitative estimate of drug-likeness (QED) is 0.167. The van der Waals surface area contributed by atoms with E-state index in [2.05, 4.69) is 19.6 Å². The summed E-state index contributed by atoms with van der Waals surface area (Å²) in [6.45, 7) is 1.74. The lowest BCUT2D eigenvalue weighted by molar-refractivity contribution is -0.432. The molecule has 11 heteroatoms. The highest BCUT2D eigenvalue weighted by Gasteiger charge is 2.22. The highest BCUT2D eigenvalue weighted by atomic mass is 32.2. The number of aromatic hydroxyl groups is 1. The van der Waals surface area contributed by atoms with Gasteiger partial charge >= 0.3 is 0 Å². The SMILES string of the molecule is Cc1cccc2cc(S(=O)(=O)O)c(N=Nc3ccccc3SOOO)c(O)c12. The number of nitrogens with zero attached hydrogens (tertiary/aromatic N) is 2. The molecule has 0 spiro atoms. The van der Waals surface area contributed by atoms with Gasteiger partial charge in [0.25, 0.3) is 10.1 Å². The Kier molecular flexibility index (Phi) is 5.93. The van der Waals surface area contributed by atoms with E-state index < -0.39 is 26.5 Å². The Labute approximate surface area is 164 Å². The van der Waals surface area contributed by atoms with E-state index in [0.717, 1.165) is 0 Å². The number of benzene rings is 3. The van der Waals surface area contributed by atoms with E-state index >= 15 is 0 Å². The maximum absolute atomic E-state index is 11.8. The van der Waals surface area contributed by atoms with Crippen LogP contribution >= 0.6 is 12.0 Å². The maximum Gasteiger partial charge on any atom is 0.296 e. The summed E-state index contributed by atoms with van der Waals surface area (Å²) >= 11 is 0.645. The van der Waals surface area contributed by atoms with Crippen LogP contribution in [0, 0.1) is 6.92 Å². The molecule has 0 atom stereocenters. The van der Waals surface area contributed by atoms with Crippen molar-refractivity contribution in [3.63, 3.8) is 0 Å². The van der Waals surface area contributed by atoms with Crippen molar-refractivity contribution in [3.8, 4) is 5.75 Å². The lowest BCUT2D eigenvalue weighted by Gasteiger charge is -2.10. The fraction of sp³-hybridized carbons (Fsp3) is 0.0588. The number of phenols is 1. The van der Waals surface area contributed by atoms with Crippen LogP contribution in [0.15, 0.2) is 68.6 Å². The number of hydrogen-bond acceptors (Lipinski definition) is 9. The summed E-state index contributed by atoms with van der Waals surface area (Å²) in [5, 5.41) is 31.1. The molecule has 9 nitrogen and oxygen atoms in total. The predicted molar refractivity (Wildman–Crippen MR) is 101 cm³/mol. The zero-order valence-electron chi connectivity index (χ0n) is 14.3. The van der Waals surface area contributed by atoms with Crippen molar-refractivity contribution in [1.82, 2.24) is 0 Å². The number of azo groups is 1. The van der Waals surface area contributed by atoms with Crippen LogP contribution in [0.4, 0.5) is 11.4 Å². The smallest absolute Gasteiger partial charge is 0.296 e. The molecule has 0 aliphatic heterocycles. The van der Waals surface area contributed by atoms with Crippen molar-refractivity contribution >= 4 is 44.3 Å². The number of hydrogen-bond donors (Lipinski definition) is 3. The van der Waals surface area contributed by atoms with Crippen LogP contribution in [0.25, 0.3) is 10.8 Å². The van der Waals surface area contributed by atoms with Gasteiger partial charge in [0.15, 0.2) is 5.75 Å². The minimum absolute atomic E-state index is 0.245. The fourth-order valence-corrected chi connectivity index (χ4v) is 3.73. The molecule has 0 fully saturated rings. The zero-order chi connectivity index (χ0) is 20.3. The third kappa shape index (κ3) is 4.14. The van der Waals surface area contributed by atoms with E-state index in [0.29, 0.717) is 33.3 Å². The first-order chi connectivity index (χ1) is 13.3. The molecule has 0 amide bonds. The summed E-state index contributed by atoms with van der Waals surface area (Å²) in [6.07, 6.45) is 0. The van der Waals surface area contributed by atoms with Gasteiger partial charge in [0, 0.05) is 5.39 Å². The number of aryl methyl sites for hydroxylation is 1. The van der Waals surface area contributed by atoms with Gasteiger partial charge in [0.2, 0.25) is 0 Å². The average Bonchev–Trinajstić information content (AvgIpc) is 2.65. The monoisotopic (exact) mass is 422 g/mol. The van der Waals surface area contributed by atoms with E-state index in [1.54, 1.807) is 49.4 Å². The van der Waals surface area contributed by atoms with Crippen molar-refractivity contribution < 1.29 is 32.7 Å². The molecule has 0 bridgehead atoms. The summed E-state index contributed by atoms with van der Waals surface area (Å²) in [6, 6.07) is 12.7. The Hall–Kier alpha value is -2.54. The van der Waals surface area contributed by atoms with Crippen LogP contribution in [0.2, 0.25) is 0 Å². The minimum atomic E-state index is -4.69. The molecule has 3 rings (SSSR count). The van der Waals surface area contributed by atoms with E-state index in [1.165, 1.54) is 6.07 Å². The highest BCUT2D eigenvalue weighted by Crippen LogP contribution is 2.43. The number of rotatable bonds is 6. The molecule has 146 valence electrons. The van der Waals surface area contributed by atoms with Crippen LogP contribution in [0.1, 0.15) is 5.56 Å². The van der Waals surface area contributed by atoms with Crippen LogP contribution in [-0.2, 0) is 19.5 Å². The molecule has 0 heterocycles. The van der Waals surface area contributed by atoms with Crippen LogP contribution in [-0.4, -0.2) is 23.3 Å². The molecule has 0 saturated heterocycles. The van der Waals surface area contributed by atoms with E-state index in [-0.39, 0.29) is 5.69 Å². The lowest BCUT2D eigenvalue weighted by Crippen LogP contribution is -1.99. The molecule has 0 radical (unpaired) electrons. The normalized spacial score (nSPS) is 12.1. The standard InChI is InChI=1S/C17H14N2O7S2/c1-10-5-4-6-11-9-14(28(22,23)24)16(17(20)15(10)11)19-18-12-7-2-3-8-13(12)27-26-25-21/h2-9,20-21H,1H3,(H,22,23,24). The first-order valence-corrected chi connectivity index (χ1v) is 9.89. The van der Waals surface area contributed by atoms with Crippen molar-refractivity contribution in [1.29, 1.82) is 0 Å². The highest BCUT2D eigenvalue weighted by molar-refractivity contribution is 7.94. The van der Waals surface area contributed by atoms with Gasteiger partial charge in [0.05, 0.1) is 16.9 Å². The number of phenolic OH excluding ortho intramolecular Hbond substituents is 1. The van der Waals surface area contributed by atoms with Gasteiger partial charge in [0.1, 0.15) is 16.3 Å². The second-order valence-corrected chi connectivity index (χ2v) is 7.75. The van der Waals surface area contributed by atoms with Crippen molar-refractivity contribution in [3.05, 3.63) is 54.1 Å². The Bertz CT molecular complexity index is 1160. The van der Waals surface area contributed by atoms with Crippen LogP contribution < -0.4 is 0 Å². The van der Waals surface area contributed by atoms with Gasteiger partial charge in [-0.25, -0.2) is 5.26 Å². The Morgan fingerprint density at radius 2 is 1.82 bits per heavy atom. The molecule has 0 unspecified atom stereocenters. The second kappa shape index (κ2) is 8.22. The molecule has 0 saturated carbocycles. The fourth-order valence-electron chi connectivity index (χ4n) is 2.64. The molecule has 28 heavy (non-hydrogen) atoms. The van der Waals surface area contributed by atoms with Crippen LogP contribution in [0.3, 0.4) is 0 Å². The molecule has 3 aromatic rings. The molecule has 3 aromatic carbocycles. The van der Waals surface area contributed by atoms with Gasteiger partial charge in [-0.15, -0.1) is 14.6 Å². The Morgan fingerprint density at radius 3 is 2.54 bits per heavy atom. The second-order valence-electron chi connectivity index (χ2n) is 5.61. The van der Waals surface area contributed by atoms with Crippen molar-refractivity contribution in [2.45, 2.75) is 16.7 Å². The third-order valence-electron chi connectivity index (χ3n) is 3.84. The molecule has 3 N–H and O–H groups in total. The molecular weight excluding hydrogens is 408 g/mol. The first kappa shape index (κ1) is 20.2. The predicted octanol–water partition coefficient (Wildman–Crippen LogP) is 4.94. The van der Waals surface area contributed by atoms with Crippen molar-refractivity contribution in [2.24, 2.45) is 10.2 Å². The topological polar surface area (TPSA) is 138 Å². The van der Waals surface area contributed by atoms with E-state index in [9.17, 15) is 18.1 Å². The third-order valence-corrected chi connectivity index (χ3v) is 5.36. The Balaban J connectivity index is 2.19. The number of fused-ring (bicyclic) bond motifs is 1. The summed E-state index contributed by atoms with van der Waals surface area (Å²) < 4.78 is 37.6. The maximum atomic E-state index is 11.8. The molecule has 0 aliphatic carbocycles. The largest absolute Gasteiger partial charge is 0.505 e. The van der Waals surface area contributed by atoms with Gasteiger partial charge < -0.3 is 5.11 Å². The van der Waals surface area contributed by atoms with E-state index in [1.807, 2.05) is 0 Å². The Morgan fingerprint density at radius 1 is 1.07 bits per heavy atom. The summed E-state index contributed by atoms with van der Waals surface area (Å²) in [5.41, 5.74) is 0.538. The summed E-state index contributed by atoms with van der Waals surface area (Å²) in [7, 11) is -4.69. The lowest BCUT2D eigenvalue weighted by atomic mass is 10.0. The van der Waals surface area contributed by atoms with Gasteiger partial charge in [-0.3, -0.25) is 4.55 Å². The molecule has 0 aliphatic rings. The first-order valence-electron chi connectivity index (χ1n) is 7.71. The van der Waals surface area contributed by atoms with Gasteiger partial charge in [-0.2, -0.15) is 8.42 Å². The minimum Gasteiger partial charge on any atom is -0.505 e. The molecular formula is C17H14N2O7S2.